The van der Waals surface area contributed by atoms with Gasteiger partial charge in [0.15, 0.2) is 9.84 Å². The summed E-state index contributed by atoms with van der Waals surface area (Å²) in [6.45, 7) is 0. The van der Waals surface area contributed by atoms with Crippen molar-refractivity contribution < 1.29 is 17.9 Å². The van der Waals surface area contributed by atoms with E-state index in [0.29, 0.717) is 5.69 Å². The molecule has 0 radical (unpaired) electrons. The average molecular weight is 229 g/mol. The molecule has 0 fully saturated rings. The summed E-state index contributed by atoms with van der Waals surface area (Å²) in [5.41, 5.74) is 0.379. The Balaban J connectivity index is 2.99. The molecule has 1 N–H and O–H groups in total. The Morgan fingerprint density at radius 1 is 1.40 bits per heavy atom. The second-order valence-electron chi connectivity index (χ2n) is 2.92. The molecule has 0 atom stereocenters. The number of rotatable bonds is 2. The van der Waals surface area contributed by atoms with Crippen LogP contribution in [0.3, 0.4) is 0 Å². The zero-order chi connectivity index (χ0) is 11.5. The van der Waals surface area contributed by atoms with E-state index in [2.05, 4.69) is 10.1 Å². The predicted octanol–water partition coefficient (Wildman–Crippen LogP) is 1.27. The Morgan fingerprint density at radius 3 is 2.60 bits per heavy atom. The van der Waals surface area contributed by atoms with Crippen LogP contribution >= 0.6 is 0 Å². The van der Waals surface area contributed by atoms with Crippen LogP contribution in [-0.2, 0) is 14.6 Å². The van der Waals surface area contributed by atoms with Crippen molar-refractivity contribution in [1.82, 2.24) is 0 Å². The maximum absolute atomic E-state index is 11.2. The first kappa shape index (κ1) is 11.5. The van der Waals surface area contributed by atoms with Gasteiger partial charge in [0.25, 0.3) is 0 Å². The zero-order valence-corrected chi connectivity index (χ0v) is 9.17. The van der Waals surface area contributed by atoms with E-state index in [1.165, 1.54) is 19.2 Å². The fourth-order valence-electron chi connectivity index (χ4n) is 0.973. The van der Waals surface area contributed by atoms with E-state index in [9.17, 15) is 13.2 Å². The second kappa shape index (κ2) is 4.31. The van der Waals surface area contributed by atoms with E-state index in [4.69, 9.17) is 0 Å². The molecule has 0 saturated heterocycles. The van der Waals surface area contributed by atoms with Gasteiger partial charge < -0.3 is 4.74 Å². The van der Waals surface area contributed by atoms with Crippen molar-refractivity contribution >= 4 is 21.6 Å². The highest BCUT2D eigenvalue weighted by atomic mass is 32.2. The molecule has 6 heteroatoms. The molecule has 0 aliphatic rings. The molecule has 82 valence electrons. The van der Waals surface area contributed by atoms with Gasteiger partial charge in [-0.25, -0.2) is 13.2 Å². The Morgan fingerprint density at radius 2 is 2.07 bits per heavy atom. The summed E-state index contributed by atoms with van der Waals surface area (Å²) < 4.78 is 26.8. The molecule has 0 aliphatic heterocycles. The molecule has 0 bridgehead atoms. The third-order valence-electron chi connectivity index (χ3n) is 1.69. The van der Waals surface area contributed by atoms with Crippen LogP contribution in [0.15, 0.2) is 29.2 Å². The lowest BCUT2D eigenvalue weighted by atomic mass is 10.3. The highest BCUT2D eigenvalue weighted by Crippen LogP contribution is 2.15. The van der Waals surface area contributed by atoms with Gasteiger partial charge in [-0.2, -0.15) is 0 Å². The standard InChI is InChI=1S/C9H11NO4S/c1-14-9(11)10-7-4-3-5-8(6-7)15(2,12)13/h3-6H,1-2H3,(H,10,11). The molecule has 5 nitrogen and oxygen atoms in total. The molecule has 1 rings (SSSR count). The maximum Gasteiger partial charge on any atom is 0.411 e. The number of hydrogen-bond acceptors (Lipinski definition) is 4. The summed E-state index contributed by atoms with van der Waals surface area (Å²) in [5.74, 6) is 0. The van der Waals surface area contributed by atoms with Crippen molar-refractivity contribution in [1.29, 1.82) is 0 Å². The highest BCUT2D eigenvalue weighted by molar-refractivity contribution is 7.90. The summed E-state index contributed by atoms with van der Waals surface area (Å²) >= 11 is 0. The molecular formula is C9H11NO4S. The van der Waals surface area contributed by atoms with Crippen LogP contribution < -0.4 is 5.32 Å². The number of nitrogens with one attached hydrogen (secondary N) is 1. The van der Waals surface area contributed by atoms with Crippen LogP contribution in [0.4, 0.5) is 10.5 Å². The first-order valence-corrected chi connectivity index (χ1v) is 5.97. The Labute approximate surface area is 88.0 Å². The summed E-state index contributed by atoms with van der Waals surface area (Å²) in [6.07, 6.45) is 0.463. The van der Waals surface area contributed by atoms with Crippen molar-refractivity contribution in [3.05, 3.63) is 24.3 Å². The van der Waals surface area contributed by atoms with Crippen molar-refractivity contribution in [2.75, 3.05) is 18.7 Å². The number of benzene rings is 1. The van der Waals surface area contributed by atoms with Crippen LogP contribution in [0, 0.1) is 0 Å². The lowest BCUT2D eigenvalue weighted by molar-refractivity contribution is 0.187. The Bertz CT molecular complexity index is 467. The van der Waals surface area contributed by atoms with E-state index in [1.54, 1.807) is 12.1 Å². The van der Waals surface area contributed by atoms with Crippen LogP contribution in [0.5, 0.6) is 0 Å². The first-order valence-electron chi connectivity index (χ1n) is 4.08. The third kappa shape index (κ3) is 3.25. The molecule has 0 aliphatic carbocycles. The largest absolute Gasteiger partial charge is 0.453 e. The van der Waals surface area contributed by atoms with Gasteiger partial charge in [0.05, 0.1) is 12.0 Å². The predicted molar refractivity (Wildman–Crippen MR) is 55.6 cm³/mol. The number of carbonyl (C=O) groups excluding carboxylic acids is 1. The molecule has 0 saturated carbocycles. The van der Waals surface area contributed by atoms with E-state index in [-0.39, 0.29) is 4.90 Å². The lowest BCUT2D eigenvalue weighted by Crippen LogP contribution is -2.11. The molecule has 0 aromatic heterocycles. The van der Waals surface area contributed by atoms with Gasteiger partial charge >= 0.3 is 6.09 Å². The van der Waals surface area contributed by atoms with Gasteiger partial charge in [-0.05, 0) is 18.2 Å². The molecule has 0 spiro atoms. The average Bonchev–Trinajstić information content (AvgIpc) is 2.17. The molecule has 1 amide bonds. The second-order valence-corrected chi connectivity index (χ2v) is 4.93. The first-order chi connectivity index (χ1) is 6.93. The summed E-state index contributed by atoms with van der Waals surface area (Å²) in [4.78, 5) is 11.0. The number of ether oxygens (including phenoxy) is 1. The maximum atomic E-state index is 11.2. The topological polar surface area (TPSA) is 72.5 Å². The van der Waals surface area contributed by atoms with Gasteiger partial charge in [-0.1, -0.05) is 6.07 Å². The molecule has 15 heavy (non-hydrogen) atoms. The number of anilines is 1. The molecule has 1 aromatic rings. The summed E-state index contributed by atoms with van der Waals surface area (Å²) in [7, 11) is -2.03. The number of amides is 1. The quantitative estimate of drug-likeness (QED) is 0.828. The van der Waals surface area contributed by atoms with E-state index >= 15 is 0 Å². The third-order valence-corrected chi connectivity index (χ3v) is 2.80. The smallest absolute Gasteiger partial charge is 0.411 e. The van der Waals surface area contributed by atoms with Crippen molar-refractivity contribution in [3.63, 3.8) is 0 Å². The SMILES string of the molecule is COC(=O)Nc1cccc(S(C)(=O)=O)c1. The van der Waals surface area contributed by atoms with Gasteiger partial charge in [0.2, 0.25) is 0 Å². The van der Waals surface area contributed by atoms with Gasteiger partial charge in [-0.3, -0.25) is 5.32 Å². The fourth-order valence-corrected chi connectivity index (χ4v) is 1.64. The van der Waals surface area contributed by atoms with Crippen LogP contribution in [0.25, 0.3) is 0 Å². The minimum Gasteiger partial charge on any atom is -0.453 e. The lowest BCUT2D eigenvalue weighted by Gasteiger charge is -2.04. The number of carbonyl (C=O) groups is 1. The number of methoxy groups -OCH3 is 1. The van der Waals surface area contributed by atoms with Gasteiger partial charge in [0, 0.05) is 11.9 Å². The summed E-state index contributed by atoms with van der Waals surface area (Å²) in [6, 6.07) is 5.94. The Hall–Kier alpha value is -1.56. The number of hydrogen-bond donors (Lipinski definition) is 1. The van der Waals surface area contributed by atoms with Crippen LogP contribution in [0.1, 0.15) is 0 Å². The molecule has 0 heterocycles. The van der Waals surface area contributed by atoms with Gasteiger partial charge in [0.1, 0.15) is 0 Å². The van der Waals surface area contributed by atoms with Crippen molar-refractivity contribution in [2.24, 2.45) is 0 Å². The van der Waals surface area contributed by atoms with Crippen LogP contribution in [-0.4, -0.2) is 27.9 Å². The van der Waals surface area contributed by atoms with Crippen LogP contribution in [0.2, 0.25) is 0 Å². The monoisotopic (exact) mass is 229 g/mol. The normalized spacial score (nSPS) is 10.8. The zero-order valence-electron chi connectivity index (χ0n) is 8.35. The minimum absolute atomic E-state index is 0.149. The van der Waals surface area contributed by atoms with Crippen molar-refractivity contribution in [2.45, 2.75) is 4.90 Å². The van der Waals surface area contributed by atoms with Crippen molar-refractivity contribution in [3.8, 4) is 0 Å². The highest BCUT2D eigenvalue weighted by Gasteiger charge is 2.08. The molecule has 1 aromatic carbocycles. The fraction of sp³-hybridized carbons (Fsp3) is 0.222. The van der Waals surface area contributed by atoms with E-state index in [0.717, 1.165) is 6.26 Å². The number of sulfone groups is 1. The van der Waals surface area contributed by atoms with E-state index in [1.807, 2.05) is 0 Å². The minimum atomic E-state index is -3.26. The van der Waals surface area contributed by atoms with E-state index < -0.39 is 15.9 Å². The molecular weight excluding hydrogens is 218 g/mol. The summed E-state index contributed by atoms with van der Waals surface area (Å²) in [5, 5.41) is 2.38. The Kier molecular flexibility index (Phi) is 3.31. The van der Waals surface area contributed by atoms with Gasteiger partial charge in [-0.15, -0.1) is 0 Å². The molecule has 0 unspecified atom stereocenters.